The number of carbonyl (C=O) groups excluding carboxylic acids is 1. The van der Waals surface area contributed by atoms with Crippen molar-refractivity contribution in [1.29, 1.82) is 0 Å². The number of ketones is 1. The summed E-state index contributed by atoms with van der Waals surface area (Å²) in [7, 11) is 0. The number of carbonyl (C=O) groups is 1. The van der Waals surface area contributed by atoms with Crippen LogP contribution in [0.15, 0.2) is 23.0 Å². The monoisotopic (exact) mass is 381 g/mol. The molecule has 2 bridgehead atoms. The average molecular weight is 381 g/mol. The van der Waals surface area contributed by atoms with Gasteiger partial charge in [0.25, 0.3) is 0 Å². The molecule has 0 amide bonds. The molecule has 5 rings (SSSR count). The van der Waals surface area contributed by atoms with Gasteiger partial charge in [0.05, 0.1) is 35.1 Å². The van der Waals surface area contributed by atoms with Crippen LogP contribution >= 0.6 is 0 Å². The normalized spacial score (nSPS) is 35.3. The van der Waals surface area contributed by atoms with Crippen molar-refractivity contribution in [2.75, 3.05) is 0 Å². The van der Waals surface area contributed by atoms with Gasteiger partial charge in [-0.15, -0.1) is 0 Å². The topological polar surface area (TPSA) is 68.1 Å². The predicted octanol–water partition coefficient (Wildman–Crippen LogP) is 3.77. The number of aliphatic hydroxyl groups excluding tert-OH is 1. The first-order valence-corrected chi connectivity index (χ1v) is 10.5. The molecule has 0 radical (unpaired) electrons. The molecule has 4 aliphatic rings. The summed E-state index contributed by atoms with van der Waals surface area (Å²) in [5, 5.41) is 15.5. The Balaban J connectivity index is 1.62. The summed E-state index contributed by atoms with van der Waals surface area (Å²) in [6, 6.07) is 4.28. The highest BCUT2D eigenvalue weighted by molar-refractivity contribution is 6.26. The van der Waals surface area contributed by atoms with Crippen molar-refractivity contribution in [1.82, 2.24) is 0 Å². The molecule has 1 aromatic carbocycles. The van der Waals surface area contributed by atoms with E-state index in [9.17, 15) is 9.90 Å². The van der Waals surface area contributed by atoms with Gasteiger partial charge in [-0.25, -0.2) is 0 Å². The Hall–Kier alpha value is -2.14. The van der Waals surface area contributed by atoms with Gasteiger partial charge >= 0.3 is 0 Å². The lowest BCUT2D eigenvalue weighted by molar-refractivity contribution is -0.119. The van der Waals surface area contributed by atoms with Gasteiger partial charge in [-0.05, 0) is 42.9 Å². The van der Waals surface area contributed by atoms with Crippen molar-refractivity contribution >= 4 is 17.1 Å². The maximum atomic E-state index is 13.6. The summed E-state index contributed by atoms with van der Waals surface area (Å²) in [6.07, 6.45) is 1.74. The average Bonchev–Trinajstić information content (AvgIpc) is 3.42. The van der Waals surface area contributed by atoms with Crippen LogP contribution in [-0.2, 0) is 27.2 Å². The number of allylic oxidation sites excluding steroid dienone is 1. The Kier molecular flexibility index (Phi) is 3.96. The number of fused-ring (bicyclic) bond motifs is 8. The molecule has 1 N–H and O–H groups in total. The number of aliphatic hydroxyl groups is 1. The fraction of sp³-hybridized carbons (Fsp3) is 0.565. The second-order valence-corrected chi connectivity index (χ2v) is 8.44. The van der Waals surface area contributed by atoms with E-state index in [1.807, 2.05) is 0 Å². The van der Waals surface area contributed by atoms with E-state index in [0.717, 1.165) is 41.7 Å². The highest BCUT2D eigenvalue weighted by Gasteiger charge is 2.69. The maximum absolute atomic E-state index is 13.6. The van der Waals surface area contributed by atoms with Crippen molar-refractivity contribution in [2.45, 2.75) is 65.3 Å². The van der Waals surface area contributed by atoms with Gasteiger partial charge < -0.3 is 14.7 Å². The molecule has 148 valence electrons. The summed E-state index contributed by atoms with van der Waals surface area (Å²) < 4.78 is 6.17. The molecule has 28 heavy (non-hydrogen) atoms. The van der Waals surface area contributed by atoms with Gasteiger partial charge in [-0.2, -0.15) is 0 Å². The molecule has 1 aliphatic carbocycles. The van der Waals surface area contributed by atoms with E-state index in [4.69, 9.17) is 9.57 Å². The van der Waals surface area contributed by atoms with Crippen molar-refractivity contribution < 1.29 is 19.5 Å². The molecule has 5 nitrogen and oxygen atoms in total. The maximum Gasteiger partial charge on any atom is 0.173 e. The minimum absolute atomic E-state index is 0.0315. The molecule has 0 saturated carbocycles. The van der Waals surface area contributed by atoms with Gasteiger partial charge in [-0.3, -0.25) is 4.79 Å². The van der Waals surface area contributed by atoms with Crippen LogP contribution in [0.1, 0.15) is 49.4 Å². The van der Waals surface area contributed by atoms with Crippen LogP contribution in [0.3, 0.4) is 0 Å². The van der Waals surface area contributed by atoms with Crippen LogP contribution in [0, 0.1) is 24.7 Å². The fourth-order valence-electron chi connectivity index (χ4n) is 5.90. The van der Waals surface area contributed by atoms with Crippen molar-refractivity contribution in [3.05, 3.63) is 40.1 Å². The van der Waals surface area contributed by atoms with Gasteiger partial charge in [0.15, 0.2) is 11.9 Å². The van der Waals surface area contributed by atoms with E-state index in [1.165, 1.54) is 5.56 Å². The number of oxime groups is 1. The van der Waals surface area contributed by atoms with E-state index in [2.05, 4.69) is 45.0 Å². The zero-order chi connectivity index (χ0) is 19.7. The first-order chi connectivity index (χ1) is 13.5. The van der Waals surface area contributed by atoms with E-state index in [-0.39, 0.29) is 47.6 Å². The molecule has 3 heterocycles. The van der Waals surface area contributed by atoms with Crippen molar-refractivity contribution in [2.24, 2.45) is 22.9 Å². The Labute approximate surface area is 165 Å². The van der Waals surface area contributed by atoms with Crippen LogP contribution < -0.4 is 0 Å². The van der Waals surface area contributed by atoms with Gasteiger partial charge in [0.2, 0.25) is 0 Å². The zero-order valence-corrected chi connectivity index (χ0v) is 16.9. The Morgan fingerprint density at radius 1 is 0.964 bits per heavy atom. The molecule has 2 fully saturated rings. The molecule has 3 aliphatic heterocycles. The summed E-state index contributed by atoms with van der Waals surface area (Å²) in [4.78, 5) is 19.3. The SMILES string of the molecule is CCC1=NOC2C1[C@@H]1O[C@H]2[C@H]2C(O)=C(c3c(CC)cc(C)cc3CC)C(=O)[C@H]21. The largest absolute Gasteiger partial charge is 0.511 e. The fourth-order valence-corrected chi connectivity index (χ4v) is 5.90. The molecule has 6 atom stereocenters. The molecule has 2 unspecified atom stereocenters. The Morgan fingerprint density at radius 2 is 1.64 bits per heavy atom. The number of hydrogen-bond donors (Lipinski definition) is 1. The summed E-state index contributed by atoms with van der Waals surface area (Å²) in [5.41, 5.74) is 5.91. The minimum Gasteiger partial charge on any atom is -0.511 e. The van der Waals surface area contributed by atoms with E-state index < -0.39 is 0 Å². The summed E-state index contributed by atoms with van der Waals surface area (Å²) in [6.45, 7) is 8.34. The second kappa shape index (κ2) is 6.18. The molecule has 0 spiro atoms. The number of ether oxygens (including phenoxy) is 1. The van der Waals surface area contributed by atoms with Crippen LogP contribution in [0.5, 0.6) is 0 Å². The van der Waals surface area contributed by atoms with Gasteiger partial charge in [0, 0.05) is 0 Å². The van der Waals surface area contributed by atoms with Gasteiger partial charge in [0.1, 0.15) is 11.9 Å². The van der Waals surface area contributed by atoms with Crippen LogP contribution in [0.25, 0.3) is 5.57 Å². The molecule has 5 heteroatoms. The third-order valence-corrected chi connectivity index (χ3v) is 7.06. The number of benzene rings is 1. The lowest BCUT2D eigenvalue weighted by Crippen LogP contribution is -2.45. The van der Waals surface area contributed by atoms with E-state index in [1.54, 1.807) is 0 Å². The summed E-state index contributed by atoms with van der Waals surface area (Å²) in [5.74, 6) is -0.361. The van der Waals surface area contributed by atoms with Crippen LogP contribution in [0.4, 0.5) is 0 Å². The number of nitrogens with zero attached hydrogens (tertiary/aromatic N) is 1. The minimum atomic E-state index is -0.324. The molecule has 2 saturated heterocycles. The highest BCUT2D eigenvalue weighted by atomic mass is 16.7. The van der Waals surface area contributed by atoms with E-state index >= 15 is 0 Å². The first kappa shape index (κ1) is 17.9. The van der Waals surface area contributed by atoms with Crippen LogP contribution in [0.2, 0.25) is 0 Å². The molecule has 0 aromatic heterocycles. The Bertz CT molecular complexity index is 906. The predicted molar refractivity (Wildman–Crippen MR) is 106 cm³/mol. The smallest absolute Gasteiger partial charge is 0.173 e. The molecule has 1 aromatic rings. The third-order valence-electron chi connectivity index (χ3n) is 7.06. The second-order valence-electron chi connectivity index (χ2n) is 8.44. The first-order valence-electron chi connectivity index (χ1n) is 10.5. The number of Topliss-reactive ketones (excluding diaryl/α,β-unsaturated/α-hetero) is 1. The lowest BCUT2D eigenvalue weighted by atomic mass is 9.71. The van der Waals surface area contributed by atoms with Crippen molar-refractivity contribution in [3.63, 3.8) is 0 Å². The number of hydrogen-bond acceptors (Lipinski definition) is 5. The molecular formula is C23H27NO4. The van der Waals surface area contributed by atoms with Crippen LogP contribution in [-0.4, -0.2) is 34.9 Å². The Morgan fingerprint density at radius 3 is 2.25 bits per heavy atom. The van der Waals surface area contributed by atoms with E-state index in [0.29, 0.717) is 5.57 Å². The summed E-state index contributed by atoms with van der Waals surface area (Å²) >= 11 is 0. The lowest BCUT2D eigenvalue weighted by Gasteiger charge is -2.28. The molecular weight excluding hydrogens is 354 g/mol. The van der Waals surface area contributed by atoms with Crippen molar-refractivity contribution in [3.8, 4) is 0 Å². The third kappa shape index (κ3) is 2.11. The number of aryl methyl sites for hydroxylation is 3. The van der Waals surface area contributed by atoms with Gasteiger partial charge in [-0.1, -0.05) is 43.6 Å². The number of rotatable bonds is 4. The highest BCUT2D eigenvalue weighted by Crippen LogP contribution is 2.58. The standard InChI is InChI=1S/C23H27NO4/c1-5-11-8-10(4)9-12(6-2)14(11)16-19(25)17-18(20(16)26)22-23-15(21(17)27-22)13(7-3)24-28-23/h8-9,15,17-18,21-23,26H,5-7H2,1-4H3/t15?,17-,18+,21-,22-,23?/m0/s1. The zero-order valence-electron chi connectivity index (χ0n) is 16.9. The quantitative estimate of drug-likeness (QED) is 0.862.